The van der Waals surface area contributed by atoms with E-state index in [1.165, 1.54) is 11.1 Å². The average molecular weight is 339 g/mol. The quantitative estimate of drug-likeness (QED) is 0.791. The van der Waals surface area contributed by atoms with Gasteiger partial charge in [0.25, 0.3) is 0 Å². The SMILES string of the molecule is CCCNC(c1ccccc1)c1cc(Cl)cc(Br)c1. The van der Waals surface area contributed by atoms with Crippen molar-refractivity contribution in [2.24, 2.45) is 0 Å². The van der Waals surface area contributed by atoms with Gasteiger partial charge in [-0.25, -0.2) is 0 Å². The molecule has 1 nitrogen and oxygen atoms in total. The van der Waals surface area contributed by atoms with E-state index in [1.54, 1.807) is 0 Å². The molecule has 0 spiro atoms. The molecule has 0 saturated carbocycles. The maximum atomic E-state index is 6.16. The zero-order valence-electron chi connectivity index (χ0n) is 10.9. The molecule has 0 saturated heterocycles. The van der Waals surface area contributed by atoms with Crippen molar-refractivity contribution in [1.29, 1.82) is 0 Å². The number of nitrogens with one attached hydrogen (secondary N) is 1. The van der Waals surface area contributed by atoms with Crippen LogP contribution < -0.4 is 5.32 Å². The molecule has 0 radical (unpaired) electrons. The Morgan fingerprint density at radius 1 is 1.11 bits per heavy atom. The summed E-state index contributed by atoms with van der Waals surface area (Å²) in [7, 11) is 0. The Kier molecular flexibility index (Phi) is 5.44. The van der Waals surface area contributed by atoms with E-state index < -0.39 is 0 Å². The van der Waals surface area contributed by atoms with Crippen molar-refractivity contribution in [1.82, 2.24) is 5.32 Å². The van der Waals surface area contributed by atoms with Crippen LogP contribution in [0.2, 0.25) is 5.02 Å². The van der Waals surface area contributed by atoms with Gasteiger partial charge < -0.3 is 5.32 Å². The van der Waals surface area contributed by atoms with Crippen LogP contribution in [0.5, 0.6) is 0 Å². The van der Waals surface area contributed by atoms with Crippen molar-refractivity contribution >= 4 is 27.5 Å². The van der Waals surface area contributed by atoms with E-state index in [4.69, 9.17) is 11.6 Å². The van der Waals surface area contributed by atoms with E-state index >= 15 is 0 Å². The predicted molar refractivity (Wildman–Crippen MR) is 85.7 cm³/mol. The van der Waals surface area contributed by atoms with Crippen LogP contribution >= 0.6 is 27.5 Å². The number of halogens is 2. The van der Waals surface area contributed by atoms with Gasteiger partial charge in [0.15, 0.2) is 0 Å². The van der Waals surface area contributed by atoms with Crippen LogP contribution in [0.4, 0.5) is 0 Å². The summed E-state index contributed by atoms with van der Waals surface area (Å²) in [5.74, 6) is 0. The summed E-state index contributed by atoms with van der Waals surface area (Å²) in [4.78, 5) is 0. The summed E-state index contributed by atoms with van der Waals surface area (Å²) in [5, 5.41) is 4.33. The van der Waals surface area contributed by atoms with Gasteiger partial charge in [0, 0.05) is 9.50 Å². The number of rotatable bonds is 5. The normalized spacial score (nSPS) is 12.4. The number of hydrogen-bond donors (Lipinski definition) is 1. The predicted octanol–water partition coefficient (Wildman–Crippen LogP) is 5.19. The molecular weight excluding hydrogens is 322 g/mol. The van der Waals surface area contributed by atoms with E-state index in [-0.39, 0.29) is 6.04 Å². The molecule has 0 aromatic heterocycles. The first-order chi connectivity index (χ1) is 9.20. The molecular formula is C16H17BrClN. The molecule has 1 unspecified atom stereocenters. The molecule has 0 aliphatic carbocycles. The highest BCUT2D eigenvalue weighted by atomic mass is 79.9. The maximum Gasteiger partial charge on any atom is 0.0577 e. The minimum atomic E-state index is 0.177. The Labute approximate surface area is 128 Å². The van der Waals surface area contributed by atoms with Crippen molar-refractivity contribution in [3.05, 3.63) is 69.2 Å². The standard InChI is InChI=1S/C16H17BrClN/c1-2-8-19-16(12-6-4-3-5-7-12)13-9-14(17)11-15(18)10-13/h3-7,9-11,16,19H,2,8H2,1H3. The van der Waals surface area contributed by atoms with Crippen molar-refractivity contribution in [2.75, 3.05) is 6.54 Å². The summed E-state index contributed by atoms with van der Waals surface area (Å²) in [6.45, 7) is 3.15. The third kappa shape index (κ3) is 4.07. The second kappa shape index (κ2) is 7.09. The van der Waals surface area contributed by atoms with E-state index in [0.29, 0.717) is 0 Å². The first-order valence-corrected chi connectivity index (χ1v) is 7.62. The first kappa shape index (κ1) is 14.6. The van der Waals surface area contributed by atoms with Crippen LogP contribution in [-0.2, 0) is 0 Å². The molecule has 100 valence electrons. The van der Waals surface area contributed by atoms with Crippen LogP contribution in [0, 0.1) is 0 Å². The third-order valence-corrected chi connectivity index (χ3v) is 3.63. The molecule has 0 fully saturated rings. The van der Waals surface area contributed by atoms with Gasteiger partial charge >= 0.3 is 0 Å². The molecule has 1 N–H and O–H groups in total. The Morgan fingerprint density at radius 3 is 2.47 bits per heavy atom. The van der Waals surface area contributed by atoms with Gasteiger partial charge in [-0.15, -0.1) is 0 Å². The molecule has 19 heavy (non-hydrogen) atoms. The first-order valence-electron chi connectivity index (χ1n) is 6.45. The molecule has 1 atom stereocenters. The van der Waals surface area contributed by atoms with Crippen LogP contribution in [0.25, 0.3) is 0 Å². The highest BCUT2D eigenvalue weighted by Crippen LogP contribution is 2.28. The summed E-state index contributed by atoms with van der Waals surface area (Å²) in [6.07, 6.45) is 1.10. The second-order valence-corrected chi connectivity index (χ2v) is 5.85. The van der Waals surface area contributed by atoms with Crippen LogP contribution in [0.15, 0.2) is 53.0 Å². The molecule has 0 aliphatic heterocycles. The summed E-state index contributed by atoms with van der Waals surface area (Å²) in [5.41, 5.74) is 2.43. The Hall–Kier alpha value is -0.830. The largest absolute Gasteiger partial charge is 0.306 e. The summed E-state index contributed by atoms with van der Waals surface area (Å²) >= 11 is 9.67. The molecule has 3 heteroatoms. The lowest BCUT2D eigenvalue weighted by molar-refractivity contribution is 0.598. The second-order valence-electron chi connectivity index (χ2n) is 4.50. The van der Waals surface area contributed by atoms with Gasteiger partial charge in [0.2, 0.25) is 0 Å². The van der Waals surface area contributed by atoms with E-state index in [2.05, 4.69) is 58.5 Å². The van der Waals surface area contributed by atoms with Gasteiger partial charge in [-0.3, -0.25) is 0 Å². The lowest BCUT2D eigenvalue weighted by Gasteiger charge is -2.20. The fourth-order valence-electron chi connectivity index (χ4n) is 2.10. The van der Waals surface area contributed by atoms with Gasteiger partial charge in [-0.1, -0.05) is 64.8 Å². The zero-order valence-corrected chi connectivity index (χ0v) is 13.2. The van der Waals surface area contributed by atoms with Crippen LogP contribution in [0.1, 0.15) is 30.5 Å². The van der Waals surface area contributed by atoms with Gasteiger partial charge in [0.05, 0.1) is 6.04 Å². The molecule has 2 aromatic rings. The van der Waals surface area contributed by atoms with Crippen molar-refractivity contribution in [2.45, 2.75) is 19.4 Å². The highest BCUT2D eigenvalue weighted by Gasteiger charge is 2.14. The number of benzene rings is 2. The molecule has 0 aliphatic rings. The van der Waals surface area contributed by atoms with Crippen LogP contribution in [0.3, 0.4) is 0 Å². The monoisotopic (exact) mass is 337 g/mol. The van der Waals surface area contributed by atoms with Gasteiger partial charge in [-0.05, 0) is 42.3 Å². The Morgan fingerprint density at radius 2 is 1.84 bits per heavy atom. The number of hydrogen-bond acceptors (Lipinski definition) is 1. The van der Waals surface area contributed by atoms with Crippen molar-refractivity contribution in [3.8, 4) is 0 Å². The van der Waals surface area contributed by atoms with E-state index in [0.717, 1.165) is 22.5 Å². The molecule has 0 amide bonds. The fraction of sp³-hybridized carbons (Fsp3) is 0.250. The Bertz CT molecular complexity index is 507. The lowest BCUT2D eigenvalue weighted by atomic mass is 9.98. The third-order valence-electron chi connectivity index (χ3n) is 2.95. The van der Waals surface area contributed by atoms with Gasteiger partial charge in [0.1, 0.15) is 0 Å². The maximum absolute atomic E-state index is 6.16. The average Bonchev–Trinajstić information content (AvgIpc) is 2.39. The molecule has 0 heterocycles. The zero-order chi connectivity index (χ0) is 13.7. The minimum absolute atomic E-state index is 0.177. The van der Waals surface area contributed by atoms with Crippen LogP contribution in [-0.4, -0.2) is 6.54 Å². The van der Waals surface area contributed by atoms with E-state index in [9.17, 15) is 0 Å². The summed E-state index contributed by atoms with van der Waals surface area (Å²) in [6, 6.07) is 16.7. The molecule has 2 aromatic carbocycles. The minimum Gasteiger partial charge on any atom is -0.306 e. The smallest absolute Gasteiger partial charge is 0.0577 e. The van der Waals surface area contributed by atoms with Crippen molar-refractivity contribution in [3.63, 3.8) is 0 Å². The van der Waals surface area contributed by atoms with Gasteiger partial charge in [-0.2, -0.15) is 0 Å². The molecule has 2 rings (SSSR count). The topological polar surface area (TPSA) is 12.0 Å². The Balaban J connectivity index is 2.36. The lowest BCUT2D eigenvalue weighted by Crippen LogP contribution is -2.23. The molecule has 0 bridgehead atoms. The highest BCUT2D eigenvalue weighted by molar-refractivity contribution is 9.10. The van der Waals surface area contributed by atoms with E-state index in [1.807, 2.05) is 18.2 Å². The summed E-state index contributed by atoms with van der Waals surface area (Å²) < 4.78 is 1.01. The fourth-order valence-corrected chi connectivity index (χ4v) is 2.99. The van der Waals surface area contributed by atoms with Crippen molar-refractivity contribution < 1.29 is 0 Å².